The maximum Gasteiger partial charge on any atom is 0.327 e. The number of aromatic amines is 1. The number of nitrogens with zero attached hydrogens (tertiary/aromatic N) is 3. The van der Waals surface area contributed by atoms with Crippen molar-refractivity contribution in [3.05, 3.63) is 18.2 Å². The molecule has 0 aromatic carbocycles. The third-order valence-corrected chi connectivity index (χ3v) is 4.21. The average molecular weight is 284 g/mol. The lowest BCUT2D eigenvalue weighted by atomic mass is 10.3. The van der Waals surface area contributed by atoms with Gasteiger partial charge in [-0.2, -0.15) is 0 Å². The van der Waals surface area contributed by atoms with E-state index in [1.165, 1.54) is 21.6 Å². The smallest absolute Gasteiger partial charge is 0.327 e. The number of urea groups is 1. The second-order valence-corrected chi connectivity index (χ2v) is 5.72. The summed E-state index contributed by atoms with van der Waals surface area (Å²) in [5.41, 5.74) is 0. The van der Waals surface area contributed by atoms with Gasteiger partial charge in [-0.15, -0.1) is 11.8 Å². The van der Waals surface area contributed by atoms with Crippen molar-refractivity contribution in [1.82, 2.24) is 19.8 Å². The van der Waals surface area contributed by atoms with E-state index in [1.54, 1.807) is 19.4 Å². The van der Waals surface area contributed by atoms with Gasteiger partial charge in [-0.1, -0.05) is 0 Å². The molecule has 7 nitrogen and oxygen atoms in total. The lowest BCUT2D eigenvalue weighted by molar-refractivity contribution is -0.141. The number of hydrogen-bond acceptors (Lipinski definition) is 4. The number of amides is 2. The molecule has 1 aromatic rings. The Hall–Kier alpha value is -1.70. The van der Waals surface area contributed by atoms with Gasteiger partial charge >= 0.3 is 12.0 Å². The fourth-order valence-corrected chi connectivity index (χ4v) is 3.16. The molecule has 19 heavy (non-hydrogen) atoms. The Morgan fingerprint density at radius 1 is 1.68 bits per heavy atom. The number of carbonyl (C=O) groups is 2. The monoisotopic (exact) mass is 284 g/mol. The summed E-state index contributed by atoms with van der Waals surface area (Å²) in [6, 6.07) is -1.05. The van der Waals surface area contributed by atoms with Crippen LogP contribution in [-0.2, 0) is 11.3 Å². The van der Waals surface area contributed by atoms with Crippen molar-refractivity contribution >= 4 is 23.8 Å². The summed E-state index contributed by atoms with van der Waals surface area (Å²) < 4.78 is 0. The number of aromatic nitrogens is 2. The minimum Gasteiger partial charge on any atom is -0.480 e. The molecule has 1 saturated heterocycles. The molecule has 0 bridgehead atoms. The van der Waals surface area contributed by atoms with Gasteiger partial charge in [-0.3, -0.25) is 4.90 Å². The second-order valence-electron chi connectivity index (χ2n) is 4.37. The number of thioether (sulfide) groups is 1. The molecular weight excluding hydrogens is 268 g/mol. The molecule has 0 spiro atoms. The summed E-state index contributed by atoms with van der Waals surface area (Å²) in [5, 5.41) is 9.01. The zero-order valence-corrected chi connectivity index (χ0v) is 11.6. The van der Waals surface area contributed by atoms with Gasteiger partial charge in [0.15, 0.2) is 0 Å². The van der Waals surface area contributed by atoms with Gasteiger partial charge in [0.1, 0.15) is 11.9 Å². The summed E-state index contributed by atoms with van der Waals surface area (Å²) in [7, 11) is 1.64. The number of nitrogens with one attached hydrogen (secondary N) is 1. The fourth-order valence-electron chi connectivity index (χ4n) is 2.00. The second kappa shape index (κ2) is 5.52. The molecule has 2 unspecified atom stereocenters. The molecule has 2 atom stereocenters. The van der Waals surface area contributed by atoms with E-state index in [9.17, 15) is 9.59 Å². The quantitative estimate of drug-likeness (QED) is 0.857. The maximum atomic E-state index is 12.3. The van der Waals surface area contributed by atoms with Crippen LogP contribution in [0.15, 0.2) is 12.4 Å². The van der Waals surface area contributed by atoms with E-state index < -0.39 is 12.0 Å². The van der Waals surface area contributed by atoms with Crippen LogP contribution in [0.3, 0.4) is 0 Å². The molecule has 2 amide bonds. The first-order valence-electron chi connectivity index (χ1n) is 5.86. The van der Waals surface area contributed by atoms with E-state index in [0.717, 1.165) is 0 Å². The largest absolute Gasteiger partial charge is 0.480 e. The zero-order chi connectivity index (χ0) is 14.0. The molecule has 1 aromatic heterocycles. The summed E-state index contributed by atoms with van der Waals surface area (Å²) in [5.74, 6) is 0.135. The van der Waals surface area contributed by atoms with Crippen molar-refractivity contribution in [2.24, 2.45) is 0 Å². The SMILES string of the molecule is CC1SCC(C(=O)O)N1C(=O)N(C)Cc1ncc[nH]1. The Morgan fingerprint density at radius 2 is 2.42 bits per heavy atom. The first kappa shape index (κ1) is 13.7. The number of carbonyl (C=O) groups excluding carboxylic acids is 1. The molecular formula is C11H16N4O3S. The third kappa shape index (κ3) is 2.83. The van der Waals surface area contributed by atoms with Crippen molar-refractivity contribution < 1.29 is 14.7 Å². The highest BCUT2D eigenvalue weighted by Gasteiger charge is 2.40. The molecule has 2 heterocycles. The average Bonchev–Trinajstić information content (AvgIpc) is 2.97. The zero-order valence-electron chi connectivity index (χ0n) is 10.7. The highest BCUT2D eigenvalue weighted by molar-refractivity contribution is 8.00. The molecule has 104 valence electrons. The number of carboxylic acids is 1. The minimum atomic E-state index is -0.961. The van der Waals surface area contributed by atoms with Crippen molar-refractivity contribution in [3.8, 4) is 0 Å². The Balaban J connectivity index is 2.06. The first-order chi connectivity index (χ1) is 9.00. The van der Waals surface area contributed by atoms with Crippen molar-refractivity contribution in [2.75, 3.05) is 12.8 Å². The molecule has 0 aliphatic carbocycles. The molecule has 0 radical (unpaired) electrons. The van der Waals surface area contributed by atoms with Crippen LogP contribution >= 0.6 is 11.8 Å². The van der Waals surface area contributed by atoms with E-state index in [-0.39, 0.29) is 11.4 Å². The molecule has 2 N–H and O–H groups in total. The normalized spacial score (nSPS) is 22.5. The van der Waals surface area contributed by atoms with Crippen LogP contribution in [-0.4, -0.2) is 61.1 Å². The highest BCUT2D eigenvalue weighted by Crippen LogP contribution is 2.29. The van der Waals surface area contributed by atoms with Gasteiger partial charge in [0, 0.05) is 25.2 Å². The number of imidazole rings is 1. The van der Waals surface area contributed by atoms with E-state index in [2.05, 4.69) is 9.97 Å². The maximum absolute atomic E-state index is 12.3. The van der Waals surface area contributed by atoms with E-state index >= 15 is 0 Å². The highest BCUT2D eigenvalue weighted by atomic mass is 32.2. The van der Waals surface area contributed by atoms with Gasteiger partial charge in [0.05, 0.1) is 11.9 Å². The molecule has 8 heteroatoms. The van der Waals surface area contributed by atoms with Gasteiger partial charge in [-0.05, 0) is 6.92 Å². The standard InChI is InChI=1S/C11H16N4O3S/c1-7-15(8(6-19-7)10(16)17)11(18)14(2)5-9-12-3-4-13-9/h3-4,7-8H,5-6H2,1-2H3,(H,12,13)(H,16,17). The predicted octanol–water partition coefficient (Wildman–Crippen LogP) is 0.809. The molecule has 0 saturated carbocycles. The summed E-state index contributed by atoms with van der Waals surface area (Å²) in [6.45, 7) is 2.16. The Bertz CT molecular complexity index is 465. The lowest BCUT2D eigenvalue weighted by Gasteiger charge is -2.29. The van der Waals surface area contributed by atoms with Crippen LogP contribution in [0.2, 0.25) is 0 Å². The number of carboxylic acid groups (broad SMARTS) is 1. The summed E-state index contributed by atoms with van der Waals surface area (Å²) in [6.07, 6.45) is 3.30. The summed E-state index contributed by atoms with van der Waals surface area (Å²) in [4.78, 5) is 33.3. The summed E-state index contributed by atoms with van der Waals surface area (Å²) >= 11 is 1.47. The molecule has 1 fully saturated rings. The van der Waals surface area contributed by atoms with Gasteiger partial charge in [0.2, 0.25) is 0 Å². The third-order valence-electron chi connectivity index (χ3n) is 3.00. The van der Waals surface area contributed by atoms with E-state index in [1.807, 2.05) is 6.92 Å². The van der Waals surface area contributed by atoms with Crippen LogP contribution in [0.5, 0.6) is 0 Å². The molecule has 2 rings (SSSR count). The predicted molar refractivity (Wildman–Crippen MR) is 70.6 cm³/mol. The number of aliphatic carboxylic acids is 1. The van der Waals surface area contributed by atoms with Gasteiger partial charge in [0.25, 0.3) is 0 Å². The number of H-pyrrole nitrogens is 1. The van der Waals surface area contributed by atoms with Crippen molar-refractivity contribution in [2.45, 2.75) is 24.9 Å². The van der Waals surface area contributed by atoms with Gasteiger partial charge < -0.3 is 15.0 Å². The van der Waals surface area contributed by atoms with E-state index in [4.69, 9.17) is 5.11 Å². The van der Waals surface area contributed by atoms with Crippen molar-refractivity contribution in [1.29, 1.82) is 0 Å². The van der Waals surface area contributed by atoms with Crippen LogP contribution < -0.4 is 0 Å². The van der Waals surface area contributed by atoms with E-state index in [0.29, 0.717) is 18.1 Å². The lowest BCUT2D eigenvalue weighted by Crippen LogP contribution is -2.49. The Labute approximate surface area is 115 Å². The molecule has 1 aliphatic rings. The molecule has 1 aliphatic heterocycles. The van der Waals surface area contributed by atoms with Gasteiger partial charge in [-0.25, -0.2) is 14.6 Å². The minimum absolute atomic E-state index is 0.132. The Morgan fingerprint density at radius 3 is 3.00 bits per heavy atom. The van der Waals surface area contributed by atoms with Crippen LogP contribution in [0.1, 0.15) is 12.7 Å². The van der Waals surface area contributed by atoms with Crippen molar-refractivity contribution in [3.63, 3.8) is 0 Å². The number of hydrogen-bond donors (Lipinski definition) is 2. The topological polar surface area (TPSA) is 89.5 Å². The fraction of sp³-hybridized carbons (Fsp3) is 0.545. The van der Waals surface area contributed by atoms with Crippen LogP contribution in [0.25, 0.3) is 0 Å². The number of rotatable bonds is 3. The first-order valence-corrected chi connectivity index (χ1v) is 6.91. The van der Waals surface area contributed by atoms with Crippen LogP contribution in [0.4, 0.5) is 4.79 Å². The van der Waals surface area contributed by atoms with Crippen LogP contribution in [0, 0.1) is 0 Å². The Kier molecular flexibility index (Phi) is 3.98.